The number of benzene rings is 1. The number of rotatable bonds is 4. The van der Waals surface area contributed by atoms with Gasteiger partial charge in [-0.25, -0.2) is 0 Å². The fraction of sp³-hybridized carbons (Fsp3) is 0.500. The molecule has 1 unspecified atom stereocenters. The minimum absolute atomic E-state index is 0.00902. The number of amides is 2. The molecule has 0 aromatic heterocycles. The molecule has 0 bridgehead atoms. The summed E-state index contributed by atoms with van der Waals surface area (Å²) in [6.45, 7) is 2.69. The Bertz CT molecular complexity index is 537. The zero-order valence-electron chi connectivity index (χ0n) is 11.8. The van der Waals surface area contributed by atoms with E-state index in [4.69, 9.17) is 0 Å². The van der Waals surface area contributed by atoms with Crippen molar-refractivity contribution < 1.29 is 9.59 Å². The number of nitrogens with zero attached hydrogens (tertiary/aromatic N) is 1. The fourth-order valence-corrected chi connectivity index (χ4v) is 2.83. The predicted molar refractivity (Wildman–Crippen MR) is 76.2 cm³/mol. The third-order valence-electron chi connectivity index (χ3n) is 4.12. The lowest BCUT2D eigenvalue weighted by Crippen LogP contribution is -2.38. The molecule has 2 aliphatic rings. The van der Waals surface area contributed by atoms with Gasteiger partial charge in [0, 0.05) is 19.0 Å². The van der Waals surface area contributed by atoms with Crippen LogP contribution < -0.4 is 5.32 Å². The lowest BCUT2D eigenvalue weighted by Gasteiger charge is -2.16. The SMILES string of the molecule is Cc1ccccc1CC(=O)NC1CC(=O)N(C2CC2)C1. The summed E-state index contributed by atoms with van der Waals surface area (Å²) >= 11 is 0. The van der Waals surface area contributed by atoms with Crippen LogP contribution in [-0.2, 0) is 16.0 Å². The second kappa shape index (κ2) is 5.27. The van der Waals surface area contributed by atoms with Crippen molar-refractivity contribution in [2.45, 2.75) is 44.7 Å². The van der Waals surface area contributed by atoms with Gasteiger partial charge in [-0.05, 0) is 30.9 Å². The fourth-order valence-electron chi connectivity index (χ4n) is 2.83. The average Bonchev–Trinajstić information content (AvgIpc) is 3.17. The van der Waals surface area contributed by atoms with E-state index in [1.54, 1.807) is 0 Å². The molecule has 1 aromatic rings. The third kappa shape index (κ3) is 2.84. The molecule has 1 atom stereocenters. The van der Waals surface area contributed by atoms with Crippen molar-refractivity contribution in [1.29, 1.82) is 0 Å². The van der Waals surface area contributed by atoms with E-state index in [1.165, 1.54) is 0 Å². The highest BCUT2D eigenvalue weighted by molar-refractivity contribution is 5.83. The van der Waals surface area contributed by atoms with Gasteiger partial charge in [0.05, 0.1) is 12.5 Å². The van der Waals surface area contributed by atoms with E-state index in [2.05, 4.69) is 5.32 Å². The number of likely N-dealkylation sites (tertiary alicyclic amines) is 1. The molecule has 1 saturated heterocycles. The molecule has 106 valence electrons. The number of hydrogen-bond donors (Lipinski definition) is 1. The van der Waals surface area contributed by atoms with E-state index in [1.807, 2.05) is 36.1 Å². The minimum Gasteiger partial charge on any atom is -0.351 e. The maximum atomic E-state index is 12.1. The normalized spacial score (nSPS) is 22.1. The standard InChI is InChI=1S/C16H20N2O2/c1-11-4-2-3-5-12(11)8-15(19)17-13-9-16(20)18(10-13)14-6-7-14/h2-5,13-14H,6-10H2,1H3,(H,17,19). The molecule has 0 spiro atoms. The number of hydrogen-bond acceptors (Lipinski definition) is 2. The van der Waals surface area contributed by atoms with Crippen LogP contribution in [0.2, 0.25) is 0 Å². The van der Waals surface area contributed by atoms with E-state index in [9.17, 15) is 9.59 Å². The van der Waals surface area contributed by atoms with Crippen molar-refractivity contribution >= 4 is 11.8 Å². The van der Waals surface area contributed by atoms with Crippen LogP contribution in [0.5, 0.6) is 0 Å². The molecule has 1 N–H and O–H groups in total. The van der Waals surface area contributed by atoms with Crippen LogP contribution in [0.4, 0.5) is 0 Å². The summed E-state index contributed by atoms with van der Waals surface area (Å²) in [7, 11) is 0. The van der Waals surface area contributed by atoms with Gasteiger partial charge in [0.2, 0.25) is 11.8 Å². The van der Waals surface area contributed by atoms with Crippen molar-refractivity contribution in [2.75, 3.05) is 6.54 Å². The molecule has 4 nitrogen and oxygen atoms in total. The predicted octanol–water partition coefficient (Wildman–Crippen LogP) is 1.42. The first-order valence-electron chi connectivity index (χ1n) is 7.27. The summed E-state index contributed by atoms with van der Waals surface area (Å²) in [6, 6.07) is 8.34. The first-order chi connectivity index (χ1) is 9.63. The number of nitrogens with one attached hydrogen (secondary N) is 1. The Kier molecular flexibility index (Phi) is 3.47. The largest absolute Gasteiger partial charge is 0.351 e. The van der Waals surface area contributed by atoms with Gasteiger partial charge >= 0.3 is 0 Å². The minimum atomic E-state index is -0.0142. The van der Waals surface area contributed by atoms with E-state index in [0.717, 1.165) is 24.0 Å². The van der Waals surface area contributed by atoms with E-state index in [-0.39, 0.29) is 17.9 Å². The Morgan fingerprint density at radius 3 is 2.80 bits per heavy atom. The van der Waals surface area contributed by atoms with Crippen molar-refractivity contribution in [2.24, 2.45) is 0 Å². The van der Waals surface area contributed by atoms with Crippen LogP contribution >= 0.6 is 0 Å². The first-order valence-corrected chi connectivity index (χ1v) is 7.27. The molecule has 1 heterocycles. The van der Waals surface area contributed by atoms with Gasteiger partial charge in [-0.3, -0.25) is 9.59 Å². The Balaban J connectivity index is 1.54. The van der Waals surface area contributed by atoms with Gasteiger partial charge in [-0.2, -0.15) is 0 Å². The van der Waals surface area contributed by atoms with Crippen LogP contribution in [0.3, 0.4) is 0 Å². The molecular weight excluding hydrogens is 252 g/mol. The van der Waals surface area contributed by atoms with Gasteiger partial charge in [0.15, 0.2) is 0 Å². The summed E-state index contributed by atoms with van der Waals surface area (Å²) in [5.41, 5.74) is 2.18. The quantitative estimate of drug-likeness (QED) is 0.901. The Morgan fingerprint density at radius 1 is 1.35 bits per heavy atom. The van der Waals surface area contributed by atoms with Crippen molar-refractivity contribution in [3.8, 4) is 0 Å². The molecule has 4 heteroatoms. The Morgan fingerprint density at radius 2 is 2.10 bits per heavy atom. The first kappa shape index (κ1) is 13.2. The van der Waals surface area contributed by atoms with Gasteiger partial charge in [0.25, 0.3) is 0 Å². The number of carbonyl (C=O) groups excluding carboxylic acids is 2. The summed E-state index contributed by atoms with van der Waals surface area (Å²) < 4.78 is 0. The molecule has 1 aliphatic carbocycles. The molecule has 3 rings (SSSR count). The topological polar surface area (TPSA) is 49.4 Å². The van der Waals surface area contributed by atoms with Crippen molar-refractivity contribution in [1.82, 2.24) is 10.2 Å². The van der Waals surface area contributed by atoms with Crippen LogP contribution in [0, 0.1) is 6.92 Å². The second-order valence-electron chi connectivity index (χ2n) is 5.85. The van der Waals surface area contributed by atoms with Crippen molar-refractivity contribution in [3.05, 3.63) is 35.4 Å². The Labute approximate surface area is 119 Å². The maximum absolute atomic E-state index is 12.1. The monoisotopic (exact) mass is 272 g/mol. The van der Waals surface area contributed by atoms with Gasteiger partial charge in [0.1, 0.15) is 0 Å². The second-order valence-corrected chi connectivity index (χ2v) is 5.85. The highest BCUT2D eigenvalue weighted by atomic mass is 16.2. The molecule has 2 amide bonds. The molecule has 20 heavy (non-hydrogen) atoms. The summed E-state index contributed by atoms with van der Waals surface area (Å²) in [5.74, 6) is 0.198. The molecular formula is C16H20N2O2. The summed E-state index contributed by atoms with van der Waals surface area (Å²) in [6.07, 6.45) is 3.09. The summed E-state index contributed by atoms with van der Waals surface area (Å²) in [4.78, 5) is 25.8. The molecule has 0 radical (unpaired) electrons. The Hall–Kier alpha value is -1.84. The molecule has 1 aliphatic heterocycles. The number of aryl methyl sites for hydroxylation is 1. The zero-order chi connectivity index (χ0) is 14.1. The van der Waals surface area contributed by atoms with Crippen LogP contribution in [-0.4, -0.2) is 35.3 Å². The lowest BCUT2D eigenvalue weighted by atomic mass is 10.1. The van der Waals surface area contributed by atoms with E-state index >= 15 is 0 Å². The highest BCUT2D eigenvalue weighted by Crippen LogP contribution is 2.30. The van der Waals surface area contributed by atoms with Gasteiger partial charge in [-0.15, -0.1) is 0 Å². The van der Waals surface area contributed by atoms with Crippen LogP contribution in [0.25, 0.3) is 0 Å². The lowest BCUT2D eigenvalue weighted by molar-refractivity contribution is -0.128. The zero-order valence-corrected chi connectivity index (χ0v) is 11.8. The maximum Gasteiger partial charge on any atom is 0.225 e. The highest BCUT2D eigenvalue weighted by Gasteiger charge is 2.39. The molecule has 2 fully saturated rings. The smallest absolute Gasteiger partial charge is 0.225 e. The molecule has 1 saturated carbocycles. The summed E-state index contributed by atoms with van der Waals surface area (Å²) in [5, 5.41) is 3.00. The van der Waals surface area contributed by atoms with E-state index in [0.29, 0.717) is 25.4 Å². The third-order valence-corrected chi connectivity index (χ3v) is 4.12. The average molecular weight is 272 g/mol. The van der Waals surface area contributed by atoms with Crippen LogP contribution in [0.1, 0.15) is 30.4 Å². The van der Waals surface area contributed by atoms with Crippen molar-refractivity contribution in [3.63, 3.8) is 0 Å². The number of carbonyl (C=O) groups is 2. The van der Waals surface area contributed by atoms with E-state index < -0.39 is 0 Å². The van der Waals surface area contributed by atoms with Crippen LogP contribution in [0.15, 0.2) is 24.3 Å². The van der Waals surface area contributed by atoms with Gasteiger partial charge in [-0.1, -0.05) is 24.3 Å². The molecule has 1 aromatic carbocycles. The van der Waals surface area contributed by atoms with Gasteiger partial charge < -0.3 is 10.2 Å².